The van der Waals surface area contributed by atoms with Gasteiger partial charge in [-0.2, -0.15) is 0 Å². The van der Waals surface area contributed by atoms with Crippen LogP contribution >= 0.6 is 0 Å². The Balaban J connectivity index is 1.96. The van der Waals surface area contributed by atoms with Gasteiger partial charge < -0.3 is 20.1 Å². The molecule has 0 saturated carbocycles. The minimum atomic E-state index is -1.05. The average Bonchev–Trinajstić information content (AvgIpc) is 2.53. The molecule has 0 spiro atoms. The van der Waals surface area contributed by atoms with E-state index in [1.54, 1.807) is 18.2 Å². The van der Waals surface area contributed by atoms with Crippen molar-refractivity contribution < 1.29 is 24.2 Å². The lowest BCUT2D eigenvalue weighted by Gasteiger charge is -2.29. The number of hydrogen-bond donors (Lipinski definition) is 2. The first-order valence-corrected chi connectivity index (χ1v) is 7.57. The SMILES string of the molecule is CCCC(NC(=O)CCN1C(=O)COc2ccccc21)C(=O)O. The highest BCUT2D eigenvalue weighted by Gasteiger charge is 2.26. The lowest BCUT2D eigenvalue weighted by molar-refractivity contribution is -0.142. The summed E-state index contributed by atoms with van der Waals surface area (Å²) in [5, 5.41) is 11.5. The molecule has 23 heavy (non-hydrogen) atoms. The maximum atomic E-state index is 12.0. The first-order chi connectivity index (χ1) is 11.0. The Morgan fingerprint density at radius 1 is 1.39 bits per heavy atom. The molecule has 2 N–H and O–H groups in total. The van der Waals surface area contributed by atoms with Crippen LogP contribution in [0.3, 0.4) is 0 Å². The van der Waals surface area contributed by atoms with Crippen molar-refractivity contribution in [1.82, 2.24) is 5.32 Å². The van der Waals surface area contributed by atoms with Crippen molar-refractivity contribution in [2.75, 3.05) is 18.1 Å². The van der Waals surface area contributed by atoms with Crippen LogP contribution in [0.2, 0.25) is 0 Å². The summed E-state index contributed by atoms with van der Waals surface area (Å²) >= 11 is 0. The molecule has 0 aliphatic carbocycles. The van der Waals surface area contributed by atoms with Crippen molar-refractivity contribution in [3.8, 4) is 5.75 Å². The van der Waals surface area contributed by atoms with E-state index in [9.17, 15) is 14.4 Å². The maximum absolute atomic E-state index is 12.0. The van der Waals surface area contributed by atoms with E-state index >= 15 is 0 Å². The third-order valence-electron chi connectivity index (χ3n) is 3.58. The van der Waals surface area contributed by atoms with E-state index in [2.05, 4.69) is 5.32 Å². The molecule has 0 saturated heterocycles. The zero-order valence-electron chi connectivity index (χ0n) is 12.9. The van der Waals surface area contributed by atoms with E-state index in [0.717, 1.165) is 0 Å². The average molecular weight is 320 g/mol. The summed E-state index contributed by atoms with van der Waals surface area (Å²) in [4.78, 5) is 36.5. The van der Waals surface area contributed by atoms with Gasteiger partial charge in [-0.25, -0.2) is 4.79 Å². The number of benzene rings is 1. The highest BCUT2D eigenvalue weighted by Crippen LogP contribution is 2.31. The highest BCUT2D eigenvalue weighted by atomic mass is 16.5. The van der Waals surface area contributed by atoms with Crippen LogP contribution in [-0.4, -0.2) is 42.1 Å². The molecule has 1 aromatic carbocycles. The van der Waals surface area contributed by atoms with Crippen LogP contribution in [0.25, 0.3) is 0 Å². The first kappa shape index (κ1) is 16.8. The molecule has 7 heteroatoms. The number of carboxylic acid groups (broad SMARTS) is 1. The Bertz CT molecular complexity index is 602. The Morgan fingerprint density at radius 2 is 2.13 bits per heavy atom. The molecular weight excluding hydrogens is 300 g/mol. The van der Waals surface area contributed by atoms with Gasteiger partial charge in [0.15, 0.2) is 6.61 Å². The van der Waals surface area contributed by atoms with Gasteiger partial charge in [-0.1, -0.05) is 25.5 Å². The summed E-state index contributed by atoms with van der Waals surface area (Å²) < 4.78 is 5.33. The third kappa shape index (κ3) is 4.21. The van der Waals surface area contributed by atoms with Gasteiger partial charge in [-0.3, -0.25) is 9.59 Å². The molecule has 1 aliphatic heterocycles. The predicted octanol–water partition coefficient (Wildman–Crippen LogP) is 1.17. The normalized spacial score (nSPS) is 14.7. The van der Waals surface area contributed by atoms with E-state index in [0.29, 0.717) is 24.3 Å². The molecule has 1 aliphatic rings. The lowest BCUT2D eigenvalue weighted by Crippen LogP contribution is -2.44. The number of carbonyl (C=O) groups excluding carboxylic acids is 2. The molecule has 0 radical (unpaired) electrons. The number of amides is 2. The second-order valence-corrected chi connectivity index (χ2v) is 5.30. The number of carboxylic acids is 1. The summed E-state index contributed by atoms with van der Waals surface area (Å²) in [6.07, 6.45) is 1.07. The summed E-state index contributed by atoms with van der Waals surface area (Å²) in [5.74, 6) is -1.06. The van der Waals surface area contributed by atoms with Crippen LogP contribution in [0.4, 0.5) is 5.69 Å². The van der Waals surface area contributed by atoms with Gasteiger partial charge in [0.1, 0.15) is 11.8 Å². The fourth-order valence-electron chi connectivity index (χ4n) is 2.43. The van der Waals surface area contributed by atoms with E-state index in [-0.39, 0.29) is 31.4 Å². The molecule has 1 atom stereocenters. The van der Waals surface area contributed by atoms with Crippen molar-refractivity contribution in [2.45, 2.75) is 32.2 Å². The van der Waals surface area contributed by atoms with Crippen LogP contribution in [0, 0.1) is 0 Å². The van der Waals surface area contributed by atoms with Crippen molar-refractivity contribution in [3.63, 3.8) is 0 Å². The van der Waals surface area contributed by atoms with Crippen LogP contribution < -0.4 is 15.0 Å². The summed E-state index contributed by atoms with van der Waals surface area (Å²) in [7, 11) is 0. The fourth-order valence-corrected chi connectivity index (χ4v) is 2.43. The zero-order chi connectivity index (χ0) is 16.8. The highest BCUT2D eigenvalue weighted by molar-refractivity contribution is 5.98. The van der Waals surface area contributed by atoms with Gasteiger partial charge in [-0.15, -0.1) is 0 Å². The largest absolute Gasteiger partial charge is 0.482 e. The number of ether oxygens (including phenoxy) is 1. The van der Waals surface area contributed by atoms with E-state index in [4.69, 9.17) is 9.84 Å². The van der Waals surface area contributed by atoms with Crippen LogP contribution in [0.1, 0.15) is 26.2 Å². The minimum Gasteiger partial charge on any atom is -0.482 e. The van der Waals surface area contributed by atoms with Gasteiger partial charge >= 0.3 is 5.97 Å². The number of nitrogens with zero attached hydrogens (tertiary/aromatic N) is 1. The van der Waals surface area contributed by atoms with E-state index in [1.807, 2.05) is 13.0 Å². The number of fused-ring (bicyclic) bond motifs is 1. The minimum absolute atomic E-state index is 0.0353. The molecule has 2 amide bonds. The Hall–Kier alpha value is -2.57. The van der Waals surface area contributed by atoms with Gasteiger partial charge in [0.25, 0.3) is 5.91 Å². The lowest BCUT2D eigenvalue weighted by atomic mass is 10.1. The number of aliphatic carboxylic acids is 1. The van der Waals surface area contributed by atoms with Crippen molar-refractivity contribution in [2.24, 2.45) is 0 Å². The molecule has 0 aromatic heterocycles. The van der Waals surface area contributed by atoms with Crippen molar-refractivity contribution >= 4 is 23.5 Å². The number of anilines is 1. The topological polar surface area (TPSA) is 95.9 Å². The number of hydrogen-bond acceptors (Lipinski definition) is 4. The van der Waals surface area contributed by atoms with Crippen molar-refractivity contribution in [1.29, 1.82) is 0 Å². The van der Waals surface area contributed by atoms with Gasteiger partial charge in [0, 0.05) is 13.0 Å². The molecule has 7 nitrogen and oxygen atoms in total. The van der Waals surface area contributed by atoms with E-state index < -0.39 is 12.0 Å². The monoisotopic (exact) mass is 320 g/mol. The quantitative estimate of drug-likeness (QED) is 0.786. The number of nitrogens with one attached hydrogen (secondary N) is 1. The summed E-state index contributed by atoms with van der Waals surface area (Å²) in [6.45, 7) is 1.97. The fraction of sp³-hybridized carbons (Fsp3) is 0.438. The second-order valence-electron chi connectivity index (χ2n) is 5.30. The Kier molecular flexibility index (Phi) is 5.56. The molecule has 0 bridgehead atoms. The third-order valence-corrected chi connectivity index (χ3v) is 3.58. The van der Waals surface area contributed by atoms with Gasteiger partial charge in [-0.05, 0) is 18.6 Å². The molecule has 1 unspecified atom stereocenters. The van der Waals surface area contributed by atoms with Crippen LogP contribution in [-0.2, 0) is 14.4 Å². The molecular formula is C16H20N2O5. The smallest absolute Gasteiger partial charge is 0.326 e. The number of carbonyl (C=O) groups is 3. The number of rotatable bonds is 7. The van der Waals surface area contributed by atoms with Gasteiger partial charge in [0.05, 0.1) is 5.69 Å². The molecule has 0 fully saturated rings. The predicted molar refractivity (Wildman–Crippen MR) is 83.4 cm³/mol. The molecule has 1 aromatic rings. The molecule has 2 rings (SSSR count). The Morgan fingerprint density at radius 3 is 2.83 bits per heavy atom. The van der Waals surface area contributed by atoms with Crippen LogP contribution in [0.15, 0.2) is 24.3 Å². The zero-order valence-corrected chi connectivity index (χ0v) is 12.9. The Labute approximate surface area is 134 Å². The second kappa shape index (κ2) is 7.62. The standard InChI is InChI=1S/C16H20N2O5/c1-2-5-11(16(21)22)17-14(19)8-9-18-12-6-3-4-7-13(12)23-10-15(18)20/h3-4,6-7,11H,2,5,8-10H2,1H3,(H,17,19)(H,21,22). The van der Waals surface area contributed by atoms with Crippen molar-refractivity contribution in [3.05, 3.63) is 24.3 Å². The molecule has 1 heterocycles. The van der Waals surface area contributed by atoms with Crippen LogP contribution in [0.5, 0.6) is 5.75 Å². The van der Waals surface area contributed by atoms with Gasteiger partial charge in [0.2, 0.25) is 5.91 Å². The summed E-state index contributed by atoms with van der Waals surface area (Å²) in [6, 6.07) is 6.22. The molecule has 124 valence electrons. The maximum Gasteiger partial charge on any atom is 0.326 e. The number of para-hydroxylation sites is 2. The first-order valence-electron chi connectivity index (χ1n) is 7.57. The summed E-state index contributed by atoms with van der Waals surface area (Å²) in [5.41, 5.74) is 0.625. The van der Waals surface area contributed by atoms with E-state index in [1.165, 1.54) is 4.90 Å².